The fourth-order valence-electron chi connectivity index (χ4n) is 5.04. The van der Waals surface area contributed by atoms with Gasteiger partial charge in [0.1, 0.15) is 23.9 Å². The van der Waals surface area contributed by atoms with Gasteiger partial charge in [-0.15, -0.1) is 0 Å². The molecular weight excluding hydrogens is 420 g/mol. The van der Waals surface area contributed by atoms with Crippen molar-refractivity contribution in [2.75, 3.05) is 12.3 Å². The second-order valence-corrected chi connectivity index (χ2v) is 9.20. The van der Waals surface area contributed by atoms with Gasteiger partial charge in [-0.2, -0.15) is 0 Å². The second-order valence-electron chi connectivity index (χ2n) is 9.20. The second kappa shape index (κ2) is 8.36. The molecule has 10 heteroatoms. The molecule has 1 aliphatic heterocycles. The fraction of sp³-hybridized carbons (Fsp3) is 0.478. The number of anilines is 1. The summed E-state index contributed by atoms with van der Waals surface area (Å²) in [5, 5.41) is 14.1. The Morgan fingerprint density at radius 3 is 2.94 bits per heavy atom. The summed E-state index contributed by atoms with van der Waals surface area (Å²) < 4.78 is 7.97. The lowest BCUT2D eigenvalue weighted by molar-refractivity contribution is -0.0191. The number of aryl methyl sites for hydroxylation is 1. The van der Waals surface area contributed by atoms with Crippen LogP contribution in [0.5, 0.6) is 0 Å². The highest BCUT2D eigenvalue weighted by Gasteiger charge is 2.37. The van der Waals surface area contributed by atoms with Crippen molar-refractivity contribution in [2.24, 2.45) is 5.92 Å². The molecule has 0 radical (unpaired) electrons. The summed E-state index contributed by atoms with van der Waals surface area (Å²) in [5.74, 6) is 2.12. The molecule has 0 spiro atoms. The zero-order chi connectivity index (χ0) is 22.4. The van der Waals surface area contributed by atoms with Gasteiger partial charge in [-0.1, -0.05) is 12.1 Å². The highest BCUT2D eigenvalue weighted by molar-refractivity contribution is 5.81. The maximum Gasteiger partial charge on any atom is 0.167 e. The molecular formula is C23H28N8O2. The van der Waals surface area contributed by atoms with Crippen molar-refractivity contribution in [3.63, 3.8) is 0 Å². The van der Waals surface area contributed by atoms with Crippen molar-refractivity contribution in [3.8, 4) is 0 Å². The molecule has 2 fully saturated rings. The molecule has 3 atom stereocenters. The number of nitrogens with one attached hydrogen (secondary N) is 2. The van der Waals surface area contributed by atoms with E-state index in [1.165, 1.54) is 6.33 Å². The number of imidazole rings is 2. The Balaban J connectivity index is 0.971. The number of aromatic amines is 1. The van der Waals surface area contributed by atoms with Crippen molar-refractivity contribution < 1.29 is 9.84 Å². The van der Waals surface area contributed by atoms with E-state index in [0.29, 0.717) is 41.9 Å². The molecule has 1 saturated carbocycles. The van der Waals surface area contributed by atoms with E-state index >= 15 is 0 Å². The molecule has 0 bridgehead atoms. The van der Waals surface area contributed by atoms with E-state index in [-0.39, 0.29) is 12.3 Å². The van der Waals surface area contributed by atoms with E-state index in [9.17, 15) is 5.11 Å². The number of aromatic nitrogens is 6. The number of nitrogens with zero attached hydrogens (tertiary/aromatic N) is 5. The van der Waals surface area contributed by atoms with Crippen LogP contribution in [0.25, 0.3) is 22.2 Å². The molecule has 4 aromatic rings. The van der Waals surface area contributed by atoms with E-state index in [1.54, 1.807) is 6.33 Å². The number of nitrogens with two attached hydrogens (primary N) is 1. The van der Waals surface area contributed by atoms with Gasteiger partial charge in [-0.3, -0.25) is 4.57 Å². The van der Waals surface area contributed by atoms with Gasteiger partial charge in [0.05, 0.1) is 29.6 Å². The van der Waals surface area contributed by atoms with Crippen molar-refractivity contribution in [3.05, 3.63) is 42.7 Å². The molecule has 0 amide bonds. The smallest absolute Gasteiger partial charge is 0.167 e. The zero-order valence-corrected chi connectivity index (χ0v) is 18.3. The number of H-pyrrole nitrogens is 1. The topological polar surface area (TPSA) is 140 Å². The number of fused-ring (bicyclic) bond motifs is 2. The van der Waals surface area contributed by atoms with Gasteiger partial charge >= 0.3 is 0 Å². The average Bonchev–Trinajstić information content (AvgIpc) is 3.49. The Labute approximate surface area is 190 Å². The summed E-state index contributed by atoms with van der Waals surface area (Å²) in [4.78, 5) is 20.6. The molecule has 1 aliphatic carbocycles. The molecule has 1 saturated heterocycles. The van der Waals surface area contributed by atoms with Gasteiger partial charge in [0.25, 0.3) is 0 Å². The van der Waals surface area contributed by atoms with E-state index in [1.807, 2.05) is 22.8 Å². The lowest BCUT2D eigenvalue weighted by atomic mass is 9.77. The van der Waals surface area contributed by atoms with Crippen LogP contribution in [0, 0.1) is 5.92 Å². The molecule has 5 N–H and O–H groups in total. The normalized spacial score (nSPS) is 27.4. The van der Waals surface area contributed by atoms with Crippen molar-refractivity contribution in [1.29, 1.82) is 0 Å². The number of aliphatic hydroxyl groups excluding tert-OH is 1. The minimum absolute atomic E-state index is 0.263. The molecule has 0 unspecified atom stereocenters. The van der Waals surface area contributed by atoms with Gasteiger partial charge in [-0.05, 0) is 37.3 Å². The van der Waals surface area contributed by atoms with Crippen LogP contribution in [-0.4, -0.2) is 59.4 Å². The van der Waals surface area contributed by atoms with E-state index in [2.05, 4.69) is 36.3 Å². The summed E-state index contributed by atoms with van der Waals surface area (Å²) in [6.45, 7) is 0.627. The first-order valence-electron chi connectivity index (χ1n) is 11.6. The number of nitrogen functional groups attached to an aromatic ring is 1. The highest BCUT2D eigenvalue weighted by atomic mass is 16.5. The van der Waals surface area contributed by atoms with Crippen molar-refractivity contribution >= 4 is 28.0 Å². The average molecular weight is 449 g/mol. The maximum atomic E-state index is 10.5. The fourth-order valence-corrected chi connectivity index (χ4v) is 5.04. The Bertz CT molecular complexity index is 1230. The van der Waals surface area contributed by atoms with Crippen molar-refractivity contribution in [1.82, 2.24) is 34.8 Å². The molecule has 1 aromatic carbocycles. The van der Waals surface area contributed by atoms with Gasteiger partial charge in [0.15, 0.2) is 11.5 Å². The number of para-hydroxylation sites is 2. The van der Waals surface area contributed by atoms with E-state index in [4.69, 9.17) is 10.5 Å². The van der Waals surface area contributed by atoms with Crippen LogP contribution in [0.4, 0.5) is 5.82 Å². The number of hydrogen-bond donors (Lipinski definition) is 4. The Kier molecular flexibility index (Phi) is 5.20. The third kappa shape index (κ3) is 3.94. The first-order valence-corrected chi connectivity index (χ1v) is 11.6. The minimum Gasteiger partial charge on any atom is -0.390 e. The predicted octanol–water partition coefficient (Wildman–Crippen LogP) is 1.93. The Morgan fingerprint density at radius 1 is 1.18 bits per heavy atom. The van der Waals surface area contributed by atoms with Gasteiger partial charge in [0, 0.05) is 25.4 Å². The first-order chi connectivity index (χ1) is 16.1. The monoisotopic (exact) mass is 448 g/mol. The van der Waals surface area contributed by atoms with Crippen LogP contribution < -0.4 is 11.1 Å². The van der Waals surface area contributed by atoms with E-state index < -0.39 is 6.10 Å². The van der Waals surface area contributed by atoms with Gasteiger partial charge in [0.2, 0.25) is 0 Å². The third-order valence-corrected chi connectivity index (χ3v) is 6.97. The van der Waals surface area contributed by atoms with Crippen LogP contribution >= 0.6 is 0 Å². The molecule has 172 valence electrons. The molecule has 4 heterocycles. The lowest BCUT2D eigenvalue weighted by Gasteiger charge is -2.36. The number of hydrogen-bond acceptors (Lipinski definition) is 8. The van der Waals surface area contributed by atoms with Gasteiger partial charge < -0.3 is 25.9 Å². The minimum atomic E-state index is -0.539. The predicted molar refractivity (Wildman–Crippen MR) is 123 cm³/mol. The number of aliphatic hydroxyl groups is 1. The molecule has 3 aromatic heterocycles. The van der Waals surface area contributed by atoms with Crippen LogP contribution in [0.3, 0.4) is 0 Å². The lowest BCUT2D eigenvalue weighted by Crippen LogP contribution is -2.46. The number of benzene rings is 1. The zero-order valence-electron chi connectivity index (χ0n) is 18.3. The Hall–Kier alpha value is -3.08. The standard InChI is InChI=1S/C23H28N8O2/c24-22-21-23(27-11-26-22)31(12-28-21)20-9-17(32)18(33-20)10-25-14-7-13(8-14)5-6-19-29-15-3-1-2-4-16(15)30-19/h1-4,11-14,17-18,20,25,32H,5-10H2,(H,29,30)(H2,24,26,27)/t13?,14?,17-,18+,20+/m0/s1. The molecule has 2 aliphatic rings. The molecule has 10 nitrogen and oxygen atoms in total. The van der Waals surface area contributed by atoms with Crippen LogP contribution in [0.2, 0.25) is 0 Å². The number of ether oxygens (including phenoxy) is 1. The third-order valence-electron chi connectivity index (χ3n) is 6.97. The largest absolute Gasteiger partial charge is 0.390 e. The van der Waals surface area contributed by atoms with Crippen LogP contribution in [0.1, 0.15) is 37.7 Å². The summed E-state index contributed by atoms with van der Waals surface area (Å²) in [5.41, 5.74) is 9.20. The summed E-state index contributed by atoms with van der Waals surface area (Å²) in [6.07, 6.45) is 6.86. The highest BCUT2D eigenvalue weighted by Crippen LogP contribution is 2.34. The van der Waals surface area contributed by atoms with Crippen LogP contribution in [-0.2, 0) is 11.2 Å². The summed E-state index contributed by atoms with van der Waals surface area (Å²) in [6, 6.07) is 8.63. The Morgan fingerprint density at radius 2 is 2.06 bits per heavy atom. The number of rotatable bonds is 7. The first kappa shape index (κ1) is 20.5. The maximum absolute atomic E-state index is 10.5. The summed E-state index contributed by atoms with van der Waals surface area (Å²) >= 11 is 0. The SMILES string of the molecule is Nc1ncnc2c1ncn2[C@H]1C[C@H](O)[C@@H](CNC2CC(CCc3nc4ccccc4[nH]3)C2)O1. The quantitative estimate of drug-likeness (QED) is 0.336. The van der Waals surface area contributed by atoms with Crippen molar-refractivity contribution in [2.45, 2.75) is 56.6 Å². The van der Waals surface area contributed by atoms with E-state index in [0.717, 1.165) is 42.5 Å². The molecule has 33 heavy (non-hydrogen) atoms. The van der Waals surface area contributed by atoms with Crippen LogP contribution in [0.15, 0.2) is 36.9 Å². The summed E-state index contributed by atoms with van der Waals surface area (Å²) in [7, 11) is 0. The van der Waals surface area contributed by atoms with Gasteiger partial charge in [-0.25, -0.2) is 19.9 Å². The molecule has 6 rings (SSSR count).